The van der Waals surface area contributed by atoms with Crippen molar-refractivity contribution in [3.05, 3.63) is 0 Å². The first-order valence-corrected chi connectivity index (χ1v) is 4.90. The summed E-state index contributed by atoms with van der Waals surface area (Å²) in [6, 6.07) is 0. The summed E-state index contributed by atoms with van der Waals surface area (Å²) in [6.07, 6.45) is 1.67. The molecule has 0 aromatic heterocycles. The molecule has 1 saturated heterocycles. The number of hydrogen-bond acceptors (Lipinski definition) is 4. The number of likely N-dealkylation sites (tertiary alicyclic amines) is 1. The highest BCUT2D eigenvalue weighted by Crippen LogP contribution is 2.21. The van der Waals surface area contributed by atoms with E-state index in [0.29, 0.717) is 13.1 Å². The van der Waals surface area contributed by atoms with E-state index < -0.39 is 11.5 Å². The summed E-state index contributed by atoms with van der Waals surface area (Å²) in [5.41, 5.74) is 5.36. The smallest absolute Gasteiger partial charge is 0.305 e. The van der Waals surface area contributed by atoms with Crippen LogP contribution in [0.2, 0.25) is 0 Å². The predicted octanol–water partition coefficient (Wildman–Crippen LogP) is -0.753. The molecule has 1 fully saturated rings. The van der Waals surface area contributed by atoms with E-state index in [9.17, 15) is 4.79 Å². The highest BCUT2D eigenvalue weighted by molar-refractivity contribution is 5.68. The number of nitrogens with two attached hydrogens (primary N) is 1. The van der Waals surface area contributed by atoms with Crippen molar-refractivity contribution in [2.75, 3.05) is 26.2 Å². The Labute approximate surface area is 83.5 Å². The van der Waals surface area contributed by atoms with Gasteiger partial charge in [0.25, 0.3) is 0 Å². The molecule has 1 atom stereocenters. The van der Waals surface area contributed by atoms with Crippen molar-refractivity contribution < 1.29 is 15.0 Å². The summed E-state index contributed by atoms with van der Waals surface area (Å²) < 4.78 is 0. The van der Waals surface area contributed by atoms with E-state index >= 15 is 0 Å². The summed E-state index contributed by atoms with van der Waals surface area (Å²) >= 11 is 0. The molecule has 1 heterocycles. The minimum Gasteiger partial charge on any atom is -0.481 e. The monoisotopic (exact) mass is 202 g/mol. The van der Waals surface area contributed by atoms with Gasteiger partial charge in [-0.25, -0.2) is 0 Å². The highest BCUT2D eigenvalue weighted by atomic mass is 16.4. The molecule has 82 valence electrons. The number of β-amino-alcohol motifs (C(OH)–C–C–N with tert-alkyl or cyclic N) is 1. The van der Waals surface area contributed by atoms with Crippen LogP contribution in [-0.2, 0) is 4.79 Å². The Morgan fingerprint density at radius 3 is 2.86 bits per heavy atom. The zero-order chi connectivity index (χ0) is 10.6. The topological polar surface area (TPSA) is 86.8 Å². The normalized spacial score (nSPS) is 29.0. The SMILES string of the molecule is NC1(CC(=O)O)CCCN(CCO)C1. The molecule has 1 aliphatic rings. The average Bonchev–Trinajstić information content (AvgIpc) is 2.01. The molecule has 5 heteroatoms. The van der Waals surface area contributed by atoms with E-state index in [0.717, 1.165) is 19.4 Å². The fourth-order valence-electron chi connectivity index (χ4n) is 2.04. The quantitative estimate of drug-likeness (QED) is 0.558. The Morgan fingerprint density at radius 2 is 2.29 bits per heavy atom. The van der Waals surface area contributed by atoms with E-state index in [4.69, 9.17) is 15.9 Å². The average molecular weight is 202 g/mol. The van der Waals surface area contributed by atoms with Gasteiger partial charge in [0, 0.05) is 18.6 Å². The molecule has 4 N–H and O–H groups in total. The van der Waals surface area contributed by atoms with Crippen molar-refractivity contribution in [2.45, 2.75) is 24.8 Å². The van der Waals surface area contributed by atoms with Gasteiger partial charge in [0.2, 0.25) is 0 Å². The van der Waals surface area contributed by atoms with Crippen LogP contribution in [0.25, 0.3) is 0 Å². The Balaban J connectivity index is 2.48. The number of aliphatic hydroxyl groups excluding tert-OH is 1. The number of aliphatic carboxylic acids is 1. The highest BCUT2D eigenvalue weighted by Gasteiger charge is 2.33. The van der Waals surface area contributed by atoms with Crippen LogP contribution in [-0.4, -0.2) is 52.9 Å². The third-order valence-electron chi connectivity index (χ3n) is 2.61. The third-order valence-corrected chi connectivity index (χ3v) is 2.61. The van der Waals surface area contributed by atoms with Crippen molar-refractivity contribution in [3.8, 4) is 0 Å². The Morgan fingerprint density at radius 1 is 1.57 bits per heavy atom. The van der Waals surface area contributed by atoms with Crippen LogP contribution in [0.3, 0.4) is 0 Å². The Bertz CT molecular complexity index is 208. The summed E-state index contributed by atoms with van der Waals surface area (Å²) in [4.78, 5) is 12.6. The van der Waals surface area contributed by atoms with E-state index in [1.807, 2.05) is 4.90 Å². The van der Waals surface area contributed by atoms with Crippen LogP contribution < -0.4 is 5.73 Å². The molecule has 5 nitrogen and oxygen atoms in total. The third kappa shape index (κ3) is 3.25. The Hall–Kier alpha value is -0.650. The largest absolute Gasteiger partial charge is 0.481 e. The molecule has 1 aliphatic heterocycles. The van der Waals surface area contributed by atoms with Gasteiger partial charge in [-0.05, 0) is 19.4 Å². The maximum Gasteiger partial charge on any atom is 0.305 e. The number of hydrogen-bond donors (Lipinski definition) is 3. The number of nitrogens with zero attached hydrogens (tertiary/aromatic N) is 1. The van der Waals surface area contributed by atoms with Gasteiger partial charge in [0.1, 0.15) is 0 Å². The molecule has 1 rings (SSSR count). The predicted molar refractivity (Wildman–Crippen MR) is 51.9 cm³/mol. The molecule has 0 aromatic rings. The second-order valence-electron chi connectivity index (χ2n) is 4.04. The van der Waals surface area contributed by atoms with E-state index in [-0.39, 0.29) is 13.0 Å². The number of rotatable bonds is 4. The molecule has 0 spiro atoms. The van der Waals surface area contributed by atoms with Gasteiger partial charge in [-0.1, -0.05) is 0 Å². The number of carbonyl (C=O) groups is 1. The lowest BCUT2D eigenvalue weighted by atomic mass is 9.87. The molecule has 1 unspecified atom stereocenters. The molecule has 0 saturated carbocycles. The number of carboxylic acid groups (broad SMARTS) is 1. The van der Waals surface area contributed by atoms with Crippen LogP contribution in [0, 0.1) is 0 Å². The molecule has 0 amide bonds. The lowest BCUT2D eigenvalue weighted by molar-refractivity contribution is -0.138. The number of carboxylic acids is 1. The van der Waals surface area contributed by atoms with Crippen molar-refractivity contribution in [1.29, 1.82) is 0 Å². The molecular formula is C9H18N2O3. The number of piperidine rings is 1. The van der Waals surface area contributed by atoms with Crippen LogP contribution in [0.5, 0.6) is 0 Å². The standard InChI is InChI=1S/C9H18N2O3/c10-9(6-8(13)14)2-1-3-11(7-9)4-5-12/h12H,1-7,10H2,(H,13,14). The van der Waals surface area contributed by atoms with Crippen LogP contribution >= 0.6 is 0 Å². The van der Waals surface area contributed by atoms with E-state index in [1.165, 1.54) is 0 Å². The summed E-state index contributed by atoms with van der Waals surface area (Å²) in [5.74, 6) is -0.849. The minimum atomic E-state index is -0.849. The van der Waals surface area contributed by atoms with Gasteiger partial charge >= 0.3 is 5.97 Å². The molecular weight excluding hydrogens is 184 g/mol. The van der Waals surface area contributed by atoms with Crippen LogP contribution in [0.4, 0.5) is 0 Å². The first kappa shape index (κ1) is 11.4. The van der Waals surface area contributed by atoms with Crippen molar-refractivity contribution in [2.24, 2.45) is 5.73 Å². The molecule has 0 aromatic carbocycles. The van der Waals surface area contributed by atoms with Crippen molar-refractivity contribution in [1.82, 2.24) is 4.90 Å². The van der Waals surface area contributed by atoms with E-state index in [1.54, 1.807) is 0 Å². The fourth-order valence-corrected chi connectivity index (χ4v) is 2.04. The lowest BCUT2D eigenvalue weighted by Gasteiger charge is -2.39. The maximum atomic E-state index is 10.6. The summed E-state index contributed by atoms with van der Waals surface area (Å²) in [5, 5.41) is 17.5. The molecule has 14 heavy (non-hydrogen) atoms. The van der Waals surface area contributed by atoms with Gasteiger partial charge in [0.15, 0.2) is 0 Å². The minimum absolute atomic E-state index is 0.00886. The summed E-state index contributed by atoms with van der Waals surface area (Å²) in [7, 11) is 0. The maximum absolute atomic E-state index is 10.6. The van der Waals surface area contributed by atoms with Crippen molar-refractivity contribution in [3.63, 3.8) is 0 Å². The first-order valence-electron chi connectivity index (χ1n) is 4.90. The second kappa shape index (κ2) is 4.72. The second-order valence-corrected chi connectivity index (χ2v) is 4.04. The zero-order valence-corrected chi connectivity index (χ0v) is 8.28. The van der Waals surface area contributed by atoms with Gasteiger partial charge in [-0.3, -0.25) is 9.69 Å². The van der Waals surface area contributed by atoms with Gasteiger partial charge in [-0.2, -0.15) is 0 Å². The fraction of sp³-hybridized carbons (Fsp3) is 0.889. The lowest BCUT2D eigenvalue weighted by Crippen LogP contribution is -2.55. The molecule has 0 radical (unpaired) electrons. The van der Waals surface area contributed by atoms with E-state index in [2.05, 4.69) is 0 Å². The van der Waals surface area contributed by atoms with Gasteiger partial charge in [-0.15, -0.1) is 0 Å². The zero-order valence-electron chi connectivity index (χ0n) is 8.28. The van der Waals surface area contributed by atoms with Gasteiger partial charge < -0.3 is 15.9 Å². The Kier molecular flexibility index (Phi) is 3.86. The molecule has 0 bridgehead atoms. The van der Waals surface area contributed by atoms with Gasteiger partial charge in [0.05, 0.1) is 13.0 Å². The van der Waals surface area contributed by atoms with Crippen molar-refractivity contribution >= 4 is 5.97 Å². The summed E-state index contributed by atoms with van der Waals surface area (Å²) in [6.45, 7) is 2.15. The number of aliphatic hydroxyl groups is 1. The van der Waals surface area contributed by atoms with Crippen LogP contribution in [0.15, 0.2) is 0 Å². The first-order chi connectivity index (χ1) is 6.56. The molecule has 0 aliphatic carbocycles. The van der Waals surface area contributed by atoms with Crippen LogP contribution in [0.1, 0.15) is 19.3 Å².